The van der Waals surface area contributed by atoms with Gasteiger partial charge >= 0.3 is 0 Å². The zero-order valence-electron chi connectivity index (χ0n) is 12.5. The van der Waals surface area contributed by atoms with Gasteiger partial charge in [-0.05, 0) is 51.0 Å². The van der Waals surface area contributed by atoms with Crippen molar-refractivity contribution in [2.24, 2.45) is 5.92 Å². The first-order valence-electron chi connectivity index (χ1n) is 8.09. The van der Waals surface area contributed by atoms with Gasteiger partial charge in [-0.1, -0.05) is 32.6 Å². The fourth-order valence-corrected chi connectivity index (χ4v) is 3.13. The average Bonchev–Trinajstić information content (AvgIpc) is 2.60. The molecule has 0 aliphatic heterocycles. The van der Waals surface area contributed by atoms with E-state index >= 15 is 0 Å². The van der Waals surface area contributed by atoms with E-state index in [9.17, 15) is 0 Å². The summed E-state index contributed by atoms with van der Waals surface area (Å²) in [5, 5.41) is 3.76. The van der Waals surface area contributed by atoms with E-state index in [1.54, 1.807) is 7.11 Å². The van der Waals surface area contributed by atoms with E-state index < -0.39 is 0 Å². The topological polar surface area (TPSA) is 21.3 Å². The van der Waals surface area contributed by atoms with Crippen LogP contribution < -0.4 is 5.32 Å². The third kappa shape index (κ3) is 7.38. The minimum absolute atomic E-state index is 0.800. The Labute approximate surface area is 114 Å². The van der Waals surface area contributed by atoms with Crippen LogP contribution in [0.25, 0.3) is 0 Å². The highest BCUT2D eigenvalue weighted by Crippen LogP contribution is 2.26. The molecule has 1 N–H and O–H groups in total. The smallest absolute Gasteiger partial charge is 0.0462 e. The molecule has 0 spiro atoms. The van der Waals surface area contributed by atoms with Crippen molar-refractivity contribution in [2.45, 2.75) is 77.2 Å². The maximum atomic E-state index is 5.07. The summed E-state index contributed by atoms with van der Waals surface area (Å²) in [5.41, 5.74) is 0. The molecule has 1 aliphatic carbocycles. The van der Waals surface area contributed by atoms with Gasteiger partial charge in [0.2, 0.25) is 0 Å². The summed E-state index contributed by atoms with van der Waals surface area (Å²) in [6, 6.07) is 0.800. The molecule has 0 aromatic carbocycles. The lowest BCUT2D eigenvalue weighted by Gasteiger charge is -2.16. The Morgan fingerprint density at radius 2 is 1.94 bits per heavy atom. The molecule has 0 aromatic heterocycles. The highest BCUT2D eigenvalue weighted by atomic mass is 16.5. The van der Waals surface area contributed by atoms with E-state index in [1.807, 2.05) is 0 Å². The molecule has 0 heterocycles. The van der Waals surface area contributed by atoms with E-state index in [0.717, 1.165) is 18.6 Å². The molecule has 0 radical (unpaired) electrons. The first-order chi connectivity index (χ1) is 8.86. The summed E-state index contributed by atoms with van der Waals surface area (Å²) in [6.07, 6.45) is 13.8. The second-order valence-corrected chi connectivity index (χ2v) is 5.87. The molecular weight excluding hydrogens is 222 g/mol. The standard InChI is InChI=1S/C16H33NO/c1-3-8-15-9-7-10-16(12-11-15)17-13-5-4-6-14-18-2/h15-17H,3-14H2,1-2H3. The first-order valence-corrected chi connectivity index (χ1v) is 8.09. The highest BCUT2D eigenvalue weighted by molar-refractivity contribution is 4.74. The van der Waals surface area contributed by atoms with Crippen molar-refractivity contribution >= 4 is 0 Å². The zero-order chi connectivity index (χ0) is 13.1. The molecule has 0 bridgehead atoms. The lowest BCUT2D eigenvalue weighted by Crippen LogP contribution is -2.29. The molecule has 108 valence electrons. The normalized spacial score (nSPS) is 25.0. The Morgan fingerprint density at radius 3 is 2.72 bits per heavy atom. The number of ether oxygens (including phenoxy) is 1. The summed E-state index contributed by atoms with van der Waals surface area (Å²) in [4.78, 5) is 0. The number of hydrogen-bond acceptors (Lipinski definition) is 2. The summed E-state index contributed by atoms with van der Waals surface area (Å²) in [7, 11) is 1.79. The van der Waals surface area contributed by atoms with Crippen LogP contribution in [0.2, 0.25) is 0 Å². The van der Waals surface area contributed by atoms with Gasteiger partial charge < -0.3 is 10.1 Å². The zero-order valence-corrected chi connectivity index (χ0v) is 12.5. The fraction of sp³-hybridized carbons (Fsp3) is 1.00. The molecule has 2 atom stereocenters. The summed E-state index contributed by atoms with van der Waals surface area (Å²) < 4.78 is 5.07. The fourth-order valence-electron chi connectivity index (χ4n) is 3.13. The SMILES string of the molecule is CCCC1CCCC(NCCCCCOC)CC1. The number of unbranched alkanes of at least 4 members (excludes halogenated alkanes) is 2. The Hall–Kier alpha value is -0.0800. The molecule has 1 rings (SSSR count). The van der Waals surface area contributed by atoms with Gasteiger partial charge in [-0.3, -0.25) is 0 Å². The lowest BCUT2D eigenvalue weighted by molar-refractivity contribution is 0.192. The van der Waals surface area contributed by atoms with E-state index in [4.69, 9.17) is 4.74 Å². The third-order valence-electron chi connectivity index (χ3n) is 4.24. The Bertz CT molecular complexity index is 184. The molecule has 2 unspecified atom stereocenters. The molecule has 2 heteroatoms. The van der Waals surface area contributed by atoms with Crippen LogP contribution in [-0.4, -0.2) is 26.3 Å². The molecule has 1 saturated carbocycles. The predicted molar refractivity (Wildman–Crippen MR) is 79.0 cm³/mol. The van der Waals surface area contributed by atoms with Crippen molar-refractivity contribution in [2.75, 3.05) is 20.3 Å². The van der Waals surface area contributed by atoms with Gasteiger partial charge in [-0.15, -0.1) is 0 Å². The van der Waals surface area contributed by atoms with Gasteiger partial charge in [0, 0.05) is 19.8 Å². The predicted octanol–water partition coefficient (Wildman–Crippen LogP) is 4.14. The van der Waals surface area contributed by atoms with Crippen LogP contribution >= 0.6 is 0 Å². The van der Waals surface area contributed by atoms with E-state index in [2.05, 4.69) is 12.2 Å². The number of nitrogens with one attached hydrogen (secondary N) is 1. The number of hydrogen-bond donors (Lipinski definition) is 1. The minimum Gasteiger partial charge on any atom is -0.385 e. The average molecular weight is 255 g/mol. The third-order valence-corrected chi connectivity index (χ3v) is 4.24. The Kier molecular flexibility index (Phi) is 9.59. The van der Waals surface area contributed by atoms with Crippen LogP contribution in [0.4, 0.5) is 0 Å². The van der Waals surface area contributed by atoms with Crippen molar-refractivity contribution in [3.8, 4) is 0 Å². The van der Waals surface area contributed by atoms with E-state index in [0.29, 0.717) is 0 Å². The summed E-state index contributed by atoms with van der Waals surface area (Å²) in [6.45, 7) is 4.44. The molecular formula is C16H33NO. The molecule has 0 amide bonds. The van der Waals surface area contributed by atoms with E-state index in [1.165, 1.54) is 70.8 Å². The molecule has 1 fully saturated rings. The van der Waals surface area contributed by atoms with Crippen molar-refractivity contribution < 1.29 is 4.74 Å². The molecule has 1 aliphatic rings. The monoisotopic (exact) mass is 255 g/mol. The molecule has 0 aromatic rings. The molecule has 0 saturated heterocycles. The number of methoxy groups -OCH3 is 1. The second-order valence-electron chi connectivity index (χ2n) is 5.87. The molecule has 18 heavy (non-hydrogen) atoms. The van der Waals surface area contributed by atoms with E-state index in [-0.39, 0.29) is 0 Å². The lowest BCUT2D eigenvalue weighted by atomic mass is 9.95. The van der Waals surface area contributed by atoms with Crippen molar-refractivity contribution in [1.82, 2.24) is 5.32 Å². The van der Waals surface area contributed by atoms with Crippen molar-refractivity contribution in [3.05, 3.63) is 0 Å². The van der Waals surface area contributed by atoms with Crippen molar-refractivity contribution in [1.29, 1.82) is 0 Å². The largest absolute Gasteiger partial charge is 0.385 e. The highest BCUT2D eigenvalue weighted by Gasteiger charge is 2.17. The van der Waals surface area contributed by atoms with Crippen LogP contribution in [0.3, 0.4) is 0 Å². The summed E-state index contributed by atoms with van der Waals surface area (Å²) >= 11 is 0. The van der Waals surface area contributed by atoms with Gasteiger partial charge in [-0.25, -0.2) is 0 Å². The second kappa shape index (κ2) is 10.8. The van der Waals surface area contributed by atoms with Gasteiger partial charge in [0.05, 0.1) is 0 Å². The van der Waals surface area contributed by atoms with Crippen LogP contribution in [-0.2, 0) is 4.74 Å². The number of rotatable bonds is 9. The first kappa shape index (κ1) is 16.0. The van der Waals surface area contributed by atoms with Gasteiger partial charge in [0.1, 0.15) is 0 Å². The Balaban J connectivity index is 2.01. The minimum atomic E-state index is 0.800. The Morgan fingerprint density at radius 1 is 1.06 bits per heavy atom. The van der Waals surface area contributed by atoms with Crippen LogP contribution in [0.15, 0.2) is 0 Å². The van der Waals surface area contributed by atoms with Gasteiger partial charge in [0.25, 0.3) is 0 Å². The van der Waals surface area contributed by atoms with Gasteiger partial charge in [-0.2, -0.15) is 0 Å². The maximum Gasteiger partial charge on any atom is 0.0462 e. The summed E-state index contributed by atoms with van der Waals surface area (Å²) in [5.74, 6) is 1.02. The van der Waals surface area contributed by atoms with Gasteiger partial charge in [0.15, 0.2) is 0 Å². The quantitative estimate of drug-likeness (QED) is 0.494. The van der Waals surface area contributed by atoms with Crippen LogP contribution in [0, 0.1) is 5.92 Å². The van der Waals surface area contributed by atoms with Crippen molar-refractivity contribution in [3.63, 3.8) is 0 Å². The van der Waals surface area contributed by atoms with Crippen LogP contribution in [0.1, 0.15) is 71.1 Å². The van der Waals surface area contributed by atoms with Crippen LogP contribution in [0.5, 0.6) is 0 Å². The molecule has 2 nitrogen and oxygen atoms in total. The maximum absolute atomic E-state index is 5.07.